The predicted molar refractivity (Wildman–Crippen MR) is 77.9 cm³/mol. The molecule has 1 aromatic carbocycles. The minimum atomic E-state index is -3.56. The average molecular weight is 315 g/mol. The Bertz CT molecular complexity index is 644. The van der Waals surface area contributed by atoms with E-state index < -0.39 is 21.7 Å². The molecule has 1 saturated carbocycles. The van der Waals surface area contributed by atoms with Gasteiger partial charge < -0.3 is 11.1 Å². The summed E-state index contributed by atoms with van der Waals surface area (Å²) in [4.78, 5) is 12.1. The van der Waals surface area contributed by atoms with Gasteiger partial charge in [0.25, 0.3) is 5.91 Å². The van der Waals surface area contributed by atoms with Crippen molar-refractivity contribution in [2.75, 3.05) is 17.5 Å². The van der Waals surface area contributed by atoms with Gasteiger partial charge >= 0.3 is 0 Å². The van der Waals surface area contributed by atoms with E-state index in [-0.39, 0.29) is 23.8 Å². The number of nitrogens with two attached hydrogens (primary N) is 1. The van der Waals surface area contributed by atoms with Gasteiger partial charge in [0, 0.05) is 12.6 Å². The van der Waals surface area contributed by atoms with Crippen LogP contribution in [0.2, 0.25) is 0 Å². The highest BCUT2D eigenvalue weighted by molar-refractivity contribution is 7.92. The molecule has 0 aromatic heterocycles. The lowest BCUT2D eigenvalue weighted by Gasteiger charge is -2.14. The minimum absolute atomic E-state index is 0.0383. The number of hydrogen-bond donors (Lipinski definition) is 3. The summed E-state index contributed by atoms with van der Waals surface area (Å²) in [6, 6.07) is 3.16. The fourth-order valence-corrected chi connectivity index (χ4v) is 2.57. The molecule has 0 bridgehead atoms. The van der Waals surface area contributed by atoms with Gasteiger partial charge in [-0.25, -0.2) is 12.8 Å². The number of carbonyl (C=O) groups is 1. The Morgan fingerprint density at radius 1 is 1.48 bits per heavy atom. The third-order valence-corrected chi connectivity index (χ3v) is 3.84. The highest BCUT2D eigenvalue weighted by Gasteiger charge is 2.28. The van der Waals surface area contributed by atoms with Crippen molar-refractivity contribution in [3.05, 3.63) is 29.6 Å². The SMILES string of the molecule is CS(=O)(=O)Nc1ccc(F)cc1C(=O)NCC(N)C1CC1. The van der Waals surface area contributed by atoms with E-state index in [0.717, 1.165) is 31.2 Å². The van der Waals surface area contributed by atoms with Crippen LogP contribution in [-0.4, -0.2) is 33.2 Å². The summed E-state index contributed by atoms with van der Waals surface area (Å²) in [5, 5.41) is 2.61. The molecule has 1 atom stereocenters. The van der Waals surface area contributed by atoms with Crippen LogP contribution in [0.4, 0.5) is 10.1 Å². The number of amides is 1. The predicted octanol–water partition coefficient (Wildman–Crippen LogP) is 0.664. The minimum Gasteiger partial charge on any atom is -0.350 e. The van der Waals surface area contributed by atoms with Crippen LogP contribution in [-0.2, 0) is 10.0 Å². The molecule has 8 heteroatoms. The van der Waals surface area contributed by atoms with E-state index in [9.17, 15) is 17.6 Å². The molecule has 2 rings (SSSR count). The zero-order chi connectivity index (χ0) is 15.6. The van der Waals surface area contributed by atoms with Crippen molar-refractivity contribution in [3.8, 4) is 0 Å². The van der Waals surface area contributed by atoms with Gasteiger partial charge in [-0.05, 0) is 37.0 Å². The molecular weight excluding hydrogens is 297 g/mol. The average Bonchev–Trinajstić information content (AvgIpc) is 3.20. The molecule has 1 unspecified atom stereocenters. The standard InChI is InChI=1S/C13H18FN3O3S/c1-21(19,20)17-12-5-4-9(14)6-10(12)13(18)16-7-11(15)8-2-3-8/h4-6,8,11,17H,2-3,7,15H2,1H3,(H,16,18). The molecule has 0 spiro atoms. The Morgan fingerprint density at radius 2 is 2.14 bits per heavy atom. The molecule has 0 radical (unpaired) electrons. The topological polar surface area (TPSA) is 101 Å². The van der Waals surface area contributed by atoms with Crippen molar-refractivity contribution < 1.29 is 17.6 Å². The number of halogens is 1. The third-order valence-electron chi connectivity index (χ3n) is 3.25. The van der Waals surface area contributed by atoms with Crippen LogP contribution in [0.1, 0.15) is 23.2 Å². The third kappa shape index (κ3) is 4.68. The zero-order valence-electron chi connectivity index (χ0n) is 11.6. The Labute approximate surface area is 123 Å². The molecule has 0 heterocycles. The van der Waals surface area contributed by atoms with Gasteiger partial charge in [-0.15, -0.1) is 0 Å². The first-order chi connectivity index (χ1) is 9.76. The lowest BCUT2D eigenvalue weighted by Crippen LogP contribution is -2.38. The maximum absolute atomic E-state index is 13.3. The van der Waals surface area contributed by atoms with Crippen LogP contribution in [0.3, 0.4) is 0 Å². The second-order valence-electron chi connectivity index (χ2n) is 5.28. The van der Waals surface area contributed by atoms with Crippen LogP contribution in [0, 0.1) is 11.7 Å². The van der Waals surface area contributed by atoms with Crippen molar-refractivity contribution >= 4 is 21.6 Å². The number of carbonyl (C=O) groups excluding carboxylic acids is 1. The molecule has 21 heavy (non-hydrogen) atoms. The number of hydrogen-bond acceptors (Lipinski definition) is 4. The van der Waals surface area contributed by atoms with Gasteiger partial charge in [0.1, 0.15) is 5.82 Å². The van der Waals surface area contributed by atoms with Crippen LogP contribution in [0.15, 0.2) is 18.2 Å². The molecule has 1 aromatic rings. The second-order valence-corrected chi connectivity index (χ2v) is 7.02. The molecular formula is C13H18FN3O3S. The quantitative estimate of drug-likeness (QED) is 0.718. The van der Waals surface area contributed by atoms with Gasteiger partial charge in [0.15, 0.2) is 0 Å². The zero-order valence-corrected chi connectivity index (χ0v) is 12.4. The Kier molecular flexibility index (Phi) is 4.48. The highest BCUT2D eigenvalue weighted by atomic mass is 32.2. The monoisotopic (exact) mass is 315 g/mol. The van der Waals surface area contributed by atoms with E-state index in [4.69, 9.17) is 5.73 Å². The second kappa shape index (κ2) is 5.98. The van der Waals surface area contributed by atoms with Crippen LogP contribution < -0.4 is 15.8 Å². The fraction of sp³-hybridized carbons (Fsp3) is 0.462. The van der Waals surface area contributed by atoms with Crippen LogP contribution in [0.5, 0.6) is 0 Å². The van der Waals surface area contributed by atoms with Crippen LogP contribution in [0.25, 0.3) is 0 Å². The van der Waals surface area contributed by atoms with Crippen molar-refractivity contribution in [2.24, 2.45) is 11.7 Å². The first kappa shape index (κ1) is 15.7. The molecule has 1 aliphatic carbocycles. The fourth-order valence-electron chi connectivity index (χ4n) is 1.99. The largest absolute Gasteiger partial charge is 0.350 e. The molecule has 0 saturated heterocycles. The molecule has 1 fully saturated rings. The van der Waals surface area contributed by atoms with Gasteiger partial charge in [0.05, 0.1) is 17.5 Å². The van der Waals surface area contributed by atoms with Gasteiger partial charge in [0.2, 0.25) is 10.0 Å². The van der Waals surface area contributed by atoms with E-state index in [2.05, 4.69) is 10.0 Å². The van der Waals surface area contributed by atoms with Crippen molar-refractivity contribution in [1.82, 2.24) is 5.32 Å². The summed E-state index contributed by atoms with van der Waals surface area (Å²) in [6.07, 6.45) is 3.07. The van der Waals surface area contributed by atoms with Crippen LogP contribution >= 0.6 is 0 Å². The maximum Gasteiger partial charge on any atom is 0.253 e. The smallest absolute Gasteiger partial charge is 0.253 e. The van der Waals surface area contributed by atoms with Gasteiger partial charge in [-0.1, -0.05) is 0 Å². The van der Waals surface area contributed by atoms with E-state index >= 15 is 0 Å². The number of benzene rings is 1. The Balaban J connectivity index is 2.12. The Hall–Kier alpha value is -1.67. The van der Waals surface area contributed by atoms with Crippen molar-refractivity contribution in [2.45, 2.75) is 18.9 Å². The van der Waals surface area contributed by atoms with E-state index in [0.29, 0.717) is 5.92 Å². The summed E-state index contributed by atoms with van der Waals surface area (Å²) < 4.78 is 38.0. The molecule has 1 amide bonds. The van der Waals surface area contributed by atoms with Gasteiger partial charge in [-0.2, -0.15) is 0 Å². The summed E-state index contributed by atoms with van der Waals surface area (Å²) in [7, 11) is -3.56. The highest BCUT2D eigenvalue weighted by Crippen LogP contribution is 2.31. The molecule has 116 valence electrons. The first-order valence-electron chi connectivity index (χ1n) is 6.57. The number of anilines is 1. The Morgan fingerprint density at radius 3 is 2.71 bits per heavy atom. The first-order valence-corrected chi connectivity index (χ1v) is 8.46. The number of rotatable bonds is 6. The summed E-state index contributed by atoms with van der Waals surface area (Å²) >= 11 is 0. The number of nitrogens with one attached hydrogen (secondary N) is 2. The maximum atomic E-state index is 13.3. The summed E-state index contributed by atoms with van der Waals surface area (Å²) in [5.41, 5.74) is 5.85. The van der Waals surface area contributed by atoms with Crippen molar-refractivity contribution in [3.63, 3.8) is 0 Å². The molecule has 4 N–H and O–H groups in total. The van der Waals surface area contributed by atoms with E-state index in [1.807, 2.05) is 0 Å². The molecule has 1 aliphatic rings. The molecule has 6 nitrogen and oxygen atoms in total. The summed E-state index contributed by atoms with van der Waals surface area (Å²) in [5.74, 6) is -0.756. The lowest BCUT2D eigenvalue weighted by molar-refractivity contribution is 0.0950. The van der Waals surface area contributed by atoms with Crippen molar-refractivity contribution in [1.29, 1.82) is 0 Å². The summed E-state index contributed by atoms with van der Waals surface area (Å²) in [6.45, 7) is 0.276. The van der Waals surface area contributed by atoms with Gasteiger partial charge in [-0.3, -0.25) is 9.52 Å². The normalized spacial score (nSPS) is 16.3. The van der Waals surface area contributed by atoms with E-state index in [1.165, 1.54) is 6.07 Å². The number of sulfonamides is 1. The van der Waals surface area contributed by atoms with E-state index in [1.54, 1.807) is 0 Å². The lowest BCUT2D eigenvalue weighted by atomic mass is 10.1. The molecule has 0 aliphatic heterocycles.